The Balaban J connectivity index is 0.00000105. The van der Waals surface area contributed by atoms with Crippen LogP contribution in [0.15, 0.2) is 51.4 Å². The van der Waals surface area contributed by atoms with Crippen molar-refractivity contribution in [2.24, 2.45) is 83.0 Å². The van der Waals surface area contributed by atoms with E-state index in [4.69, 9.17) is 107 Å². The van der Waals surface area contributed by atoms with Crippen LogP contribution in [0.5, 0.6) is 0 Å². The number of carbonyl (C=O) groups excluding carboxylic acids is 12. The third-order valence-electron chi connectivity index (χ3n) is 25.0. The van der Waals surface area contributed by atoms with Crippen molar-refractivity contribution in [1.29, 1.82) is 15.8 Å². The molecule has 21 atom stereocenters. The first-order chi connectivity index (χ1) is 70.2. The van der Waals surface area contributed by atoms with Gasteiger partial charge < -0.3 is 117 Å². The van der Waals surface area contributed by atoms with Crippen molar-refractivity contribution >= 4 is 72.3 Å². The van der Waals surface area contributed by atoms with Gasteiger partial charge in [-0.15, -0.1) is 0 Å². The van der Waals surface area contributed by atoms with Crippen LogP contribution in [0.4, 0.5) is 14.4 Å². The van der Waals surface area contributed by atoms with E-state index in [-0.39, 0.29) is 158 Å². The van der Waals surface area contributed by atoms with Gasteiger partial charge in [-0.2, -0.15) is 15.8 Å². The quantitative estimate of drug-likeness (QED) is 0.00822. The Morgan fingerprint density at radius 1 is 0.380 bits per heavy atom. The Labute approximate surface area is 888 Å². The van der Waals surface area contributed by atoms with Crippen molar-refractivity contribution in [3.05, 3.63) is 36.5 Å². The summed E-state index contributed by atoms with van der Waals surface area (Å²) in [5.74, 6) is -0.498. The fourth-order valence-electron chi connectivity index (χ4n) is 18.1. The van der Waals surface area contributed by atoms with Gasteiger partial charge in [-0.1, -0.05) is 157 Å². The molecule has 0 spiro atoms. The molecular weight excluding hydrogens is 1950 g/mol. The number of carbonyl (C=O) groups is 9. The molecule has 0 saturated carbocycles. The number of aliphatic hydroxyl groups is 3. The first kappa shape index (κ1) is 138. The molecule has 0 radical (unpaired) electrons. The number of isocyanates is 3. The molecule has 150 heavy (non-hydrogen) atoms. The summed E-state index contributed by atoms with van der Waals surface area (Å²) in [6, 6.07) is 0. The second-order valence-electron chi connectivity index (χ2n) is 45.3. The first-order valence-electron chi connectivity index (χ1n) is 52.0. The van der Waals surface area contributed by atoms with Gasteiger partial charge in [0.2, 0.25) is 18.2 Å². The third kappa shape index (κ3) is 62.5. The van der Waals surface area contributed by atoms with E-state index >= 15 is 0 Å². The van der Waals surface area contributed by atoms with E-state index in [1.807, 2.05) is 34.6 Å². The number of nitrogens with zero attached hydrogens (tertiary/aromatic N) is 6. The lowest BCUT2D eigenvalue weighted by molar-refractivity contribution is -0.156. The van der Waals surface area contributed by atoms with Crippen LogP contribution in [0.3, 0.4) is 0 Å². The van der Waals surface area contributed by atoms with Crippen molar-refractivity contribution < 1.29 is 158 Å². The van der Waals surface area contributed by atoms with Crippen LogP contribution < -0.4 is 16.0 Å². The average Bonchev–Trinajstić information content (AvgIpc) is 1.65. The zero-order valence-corrected chi connectivity index (χ0v) is 93.5. The summed E-state index contributed by atoms with van der Waals surface area (Å²) >= 11 is 0. The van der Waals surface area contributed by atoms with E-state index in [2.05, 4.69) is 150 Å². The number of ether oxygens (including phenoxy) is 18. The molecule has 6 N–H and O–H groups in total. The average molecular weight is 2130 g/mol. The highest BCUT2D eigenvalue weighted by molar-refractivity contribution is 5.88. The monoisotopic (exact) mass is 2130 g/mol. The summed E-state index contributed by atoms with van der Waals surface area (Å²) < 4.78 is 95.6. The van der Waals surface area contributed by atoms with Gasteiger partial charge in [0.05, 0.1) is 65.4 Å². The minimum absolute atomic E-state index is 0.0138. The molecule has 0 aromatic carbocycles. The molecule has 0 bridgehead atoms. The maximum absolute atomic E-state index is 12.8. The van der Waals surface area contributed by atoms with Crippen LogP contribution in [0.2, 0.25) is 0 Å². The van der Waals surface area contributed by atoms with Gasteiger partial charge in [0.25, 0.3) is 18.8 Å². The Morgan fingerprint density at radius 2 is 0.727 bits per heavy atom. The Kier molecular flexibility index (Phi) is 66.1. The molecule has 0 aromatic rings. The summed E-state index contributed by atoms with van der Waals surface area (Å²) in [6.45, 7) is 62.5. The van der Waals surface area contributed by atoms with E-state index in [0.717, 1.165) is 70.6 Å². The van der Waals surface area contributed by atoms with E-state index < -0.39 is 116 Å². The fourth-order valence-corrected chi connectivity index (χ4v) is 18.1. The number of alkyl carbamates (subject to hydrolysis) is 3. The van der Waals surface area contributed by atoms with Gasteiger partial charge >= 0.3 is 54.1 Å². The van der Waals surface area contributed by atoms with Crippen LogP contribution in [0.1, 0.15) is 282 Å². The van der Waals surface area contributed by atoms with E-state index in [1.54, 1.807) is 66.4 Å². The SMILES string of the molecule is C=C(C)C(=O)OCC(C)O.C=C(C)C(=O)OCC(C)OC(=O)CCC(C)(C)CC(C)CCNC(=O)O[C@@H]1CO[C@H]2[C@@H]1OC[C@@H]2OC(=O)CCCC(C)CC(C)(C)CNC(=O)OC(C)COC(=O)C(=C)C.CC(CCCC(=O)O[C@H]1CO[C@H]2[C@@H]1OC[C@H]2OC(=O)NCCC(C)CC(C)(C)COC#N)CC(C)(C)CN=C=O.CC(CCN=C=O)CC(C)(C)COC#N.CC(COC#N)CC(C)(C)CCN=C=O.O[C@@H]1CO[C@H]2[C@@H]1OC[C@@H]2O. The number of nitriles is 3. The number of amides is 3. The van der Waals surface area contributed by atoms with Crippen LogP contribution >= 0.6 is 0 Å². The van der Waals surface area contributed by atoms with Crippen molar-refractivity contribution in [2.75, 3.05) is 119 Å². The molecule has 6 rings (SSSR count). The lowest BCUT2D eigenvalue weighted by atomic mass is 9.79. The highest BCUT2D eigenvalue weighted by Crippen LogP contribution is 2.38. The summed E-state index contributed by atoms with van der Waals surface area (Å²) in [7, 11) is 0. The topological polar surface area (TPSA) is 576 Å². The number of hydrogen-bond acceptors (Lipinski definition) is 39. The molecule has 6 saturated heterocycles. The third-order valence-corrected chi connectivity index (χ3v) is 25.0. The van der Waals surface area contributed by atoms with Crippen molar-refractivity contribution in [3.8, 4) is 18.8 Å². The highest BCUT2D eigenvalue weighted by Gasteiger charge is 2.53. The zero-order chi connectivity index (χ0) is 114. The van der Waals surface area contributed by atoms with E-state index in [0.29, 0.717) is 120 Å². The largest absolute Gasteiger partial charge is 0.460 e. The summed E-state index contributed by atoms with van der Waals surface area (Å²) in [5.41, 5.74) is 0.396. The van der Waals surface area contributed by atoms with Crippen molar-refractivity contribution in [2.45, 2.75) is 373 Å². The standard InChI is InChI=1S/C44H72N2O14.C29H47N3O8.2C11H18N2O2.C7H12O3.C6H10O4/c1-27(2)39(49)55-22-31(7)57-36(48)16-18-43(9,10)20-30(6)17-19-45-41(51)60-34-25-54-37-33(24-53-38(34)37)59-35(47)15-13-14-29(5)21-44(11,12)26-46-42(52)58-32(8)23-56-40(50)28(3)4;1-20(12-28(3,4)16-31-19-33)8-7-9-24(34)39-22-14-37-26-23(15-38-25(22)26)40-27(35)32-11-10-21(2)13-29(5,6)17-36-18-30;1-10(7-15-8-12)6-11(2,3)4-5-13-9-14;1-10(4-5-13-9-14)6-11(2,3)7-15-8-12;1-5(2)7(9)10-4-6(3)8;7-3-1-9-6-4(8)2-10-5(3)6/h29-34,37-38H,1,3,13-26H2,2,4-12H3,(H,45,51)(H,46,52);20-23,25-26H,7-17H2,1-6H3,(H,32,35);2*10H,4-7H2,1-3H3;6,8H,1,4H2,2-3H3;3-8H,1-2H2/t29?,30?,31?,32?,33-,34+,37+,38+;20?,21?,22-,23+,25+,26+;;;;3-,4+,5-,6-/m00...1/s1. The number of aliphatic hydroxyl groups excluding tert-OH is 3. The molecule has 9 unspecified atom stereocenters. The lowest BCUT2D eigenvalue weighted by Gasteiger charge is -2.28. The van der Waals surface area contributed by atoms with Gasteiger partial charge in [0.15, 0.2) is 24.4 Å². The molecule has 0 aliphatic carbocycles. The van der Waals surface area contributed by atoms with E-state index in [1.165, 1.54) is 12.2 Å². The van der Waals surface area contributed by atoms with Crippen LogP contribution in [0, 0.1) is 103 Å². The summed E-state index contributed by atoms with van der Waals surface area (Å²) in [4.78, 5) is 149. The normalized spacial score (nSPS) is 21.4. The number of hydrogen-bond donors (Lipinski definition) is 6. The highest BCUT2D eigenvalue weighted by atomic mass is 16.7. The number of rotatable bonds is 60. The maximum Gasteiger partial charge on any atom is 0.407 e. The molecule has 0 aromatic heterocycles. The predicted octanol–water partition coefficient (Wildman–Crippen LogP) is 14.3. The first-order valence-corrected chi connectivity index (χ1v) is 52.0. The molecular formula is C108H177N9O33. The fraction of sp³-hybridized carbons (Fsp3) is 0.806. The Bertz CT molecular complexity index is 4260. The molecule has 3 amide bonds. The van der Waals surface area contributed by atoms with Crippen LogP contribution in [0.25, 0.3) is 0 Å². The molecule has 42 heteroatoms. The molecule has 6 fully saturated rings. The predicted molar refractivity (Wildman–Crippen MR) is 550 cm³/mol. The van der Waals surface area contributed by atoms with E-state index in [9.17, 15) is 57.5 Å². The summed E-state index contributed by atoms with van der Waals surface area (Å²) in [5, 5.41) is 60.5. The molecule has 852 valence electrons. The van der Waals surface area contributed by atoms with Gasteiger partial charge in [-0.05, 0) is 182 Å². The summed E-state index contributed by atoms with van der Waals surface area (Å²) in [6.07, 6.45) is 13.0. The maximum atomic E-state index is 12.8. The van der Waals surface area contributed by atoms with Gasteiger partial charge in [-0.3, -0.25) is 14.4 Å². The van der Waals surface area contributed by atoms with Gasteiger partial charge in [-0.25, -0.2) is 58.1 Å². The van der Waals surface area contributed by atoms with Gasteiger partial charge in [0.1, 0.15) is 101 Å². The molecule has 6 aliphatic rings. The number of esters is 6. The minimum atomic E-state index is -0.633. The second kappa shape index (κ2) is 72.2. The lowest BCUT2D eigenvalue weighted by Crippen LogP contribution is -2.38. The zero-order valence-electron chi connectivity index (χ0n) is 93.5. The Morgan fingerprint density at radius 3 is 1.13 bits per heavy atom. The smallest absolute Gasteiger partial charge is 0.407 e. The Hall–Kier alpha value is -10.5. The molecule has 6 heterocycles. The molecule has 42 nitrogen and oxygen atoms in total. The van der Waals surface area contributed by atoms with Gasteiger partial charge in [0, 0.05) is 66.4 Å². The minimum Gasteiger partial charge on any atom is -0.460 e. The van der Waals surface area contributed by atoms with Crippen molar-refractivity contribution in [1.82, 2.24) is 16.0 Å². The molecule has 6 aliphatic heterocycles. The number of fused-ring (bicyclic) bond motifs is 3. The second-order valence-corrected chi connectivity index (χ2v) is 45.3. The van der Waals surface area contributed by atoms with Crippen molar-refractivity contribution in [3.63, 3.8) is 0 Å². The number of nitrogens with one attached hydrogen (secondary N) is 3. The van der Waals surface area contributed by atoms with Crippen LogP contribution in [-0.2, 0) is 128 Å². The van der Waals surface area contributed by atoms with Crippen LogP contribution in [-0.4, -0.2) is 298 Å². The number of aliphatic imine (C=N–C) groups is 3.